The van der Waals surface area contributed by atoms with Gasteiger partial charge in [0.05, 0.1) is 5.69 Å². The number of nitrogens with zero attached hydrogens (tertiary/aromatic N) is 1. The van der Waals surface area contributed by atoms with E-state index in [-0.39, 0.29) is 11.7 Å². The molecule has 17 heavy (non-hydrogen) atoms. The first-order chi connectivity index (χ1) is 8.08. The Hall–Kier alpha value is -2.30. The summed E-state index contributed by atoms with van der Waals surface area (Å²) in [6.07, 6.45) is 1.25. The zero-order chi connectivity index (χ0) is 12.4. The van der Waals surface area contributed by atoms with E-state index in [0.29, 0.717) is 17.1 Å². The Morgan fingerprint density at radius 2 is 2.18 bits per heavy atom. The van der Waals surface area contributed by atoms with Crippen molar-refractivity contribution < 1.29 is 9.21 Å². The van der Waals surface area contributed by atoms with E-state index in [0.717, 1.165) is 5.56 Å². The van der Waals surface area contributed by atoms with E-state index in [1.807, 2.05) is 6.92 Å². The summed E-state index contributed by atoms with van der Waals surface area (Å²) in [5, 5.41) is 2.75. The van der Waals surface area contributed by atoms with Crippen molar-refractivity contribution >= 4 is 17.3 Å². The average molecular weight is 231 g/mol. The molecule has 0 bridgehead atoms. The Bertz CT molecular complexity index is 561. The zero-order valence-corrected chi connectivity index (χ0v) is 9.65. The van der Waals surface area contributed by atoms with Crippen LogP contribution in [0.5, 0.6) is 0 Å². The van der Waals surface area contributed by atoms with E-state index < -0.39 is 0 Å². The second kappa shape index (κ2) is 4.29. The number of carbonyl (C=O) groups is 1. The van der Waals surface area contributed by atoms with Crippen molar-refractivity contribution in [1.82, 2.24) is 4.98 Å². The summed E-state index contributed by atoms with van der Waals surface area (Å²) in [6, 6.07) is 5.28. The number of amides is 1. The van der Waals surface area contributed by atoms with E-state index in [4.69, 9.17) is 10.2 Å². The Morgan fingerprint density at radius 1 is 1.41 bits per heavy atom. The lowest BCUT2D eigenvalue weighted by atomic mass is 10.2. The maximum absolute atomic E-state index is 11.9. The second-order valence-corrected chi connectivity index (χ2v) is 3.80. The minimum absolute atomic E-state index is 0.223. The van der Waals surface area contributed by atoms with Crippen LogP contribution in [0, 0.1) is 13.8 Å². The first kappa shape index (κ1) is 11.2. The zero-order valence-electron chi connectivity index (χ0n) is 9.65. The Balaban J connectivity index is 2.22. The highest BCUT2D eigenvalue weighted by molar-refractivity contribution is 6.03. The first-order valence-corrected chi connectivity index (χ1v) is 5.15. The summed E-state index contributed by atoms with van der Waals surface area (Å²) in [7, 11) is 0. The van der Waals surface area contributed by atoms with Gasteiger partial charge in [0.15, 0.2) is 6.39 Å². The molecule has 0 radical (unpaired) electrons. The van der Waals surface area contributed by atoms with Gasteiger partial charge in [-0.3, -0.25) is 4.79 Å². The molecule has 0 aliphatic rings. The first-order valence-electron chi connectivity index (χ1n) is 5.15. The van der Waals surface area contributed by atoms with Gasteiger partial charge in [0.25, 0.3) is 5.91 Å². The van der Waals surface area contributed by atoms with Gasteiger partial charge in [0.2, 0.25) is 5.76 Å². The Labute approximate surface area is 98.6 Å². The molecule has 5 nitrogen and oxygen atoms in total. The number of benzene rings is 1. The molecular formula is C12H13N3O2. The van der Waals surface area contributed by atoms with Gasteiger partial charge >= 0.3 is 0 Å². The van der Waals surface area contributed by atoms with Crippen LogP contribution in [-0.2, 0) is 0 Å². The standard InChI is InChI=1S/C12H13N3O2/c1-7-5-9(13)3-4-10(7)15-12(16)11-8(2)14-6-17-11/h3-6H,13H2,1-2H3,(H,15,16). The molecule has 0 atom stereocenters. The normalized spacial score (nSPS) is 10.2. The van der Waals surface area contributed by atoms with Crippen LogP contribution < -0.4 is 11.1 Å². The molecule has 0 aliphatic carbocycles. The van der Waals surface area contributed by atoms with E-state index >= 15 is 0 Å². The molecule has 88 valence electrons. The van der Waals surface area contributed by atoms with Crippen LogP contribution in [0.1, 0.15) is 21.8 Å². The molecule has 3 N–H and O–H groups in total. The molecule has 1 amide bonds. The van der Waals surface area contributed by atoms with Crippen molar-refractivity contribution in [3.8, 4) is 0 Å². The molecule has 1 aromatic heterocycles. The fraction of sp³-hybridized carbons (Fsp3) is 0.167. The number of hydrogen-bond donors (Lipinski definition) is 2. The number of aryl methyl sites for hydroxylation is 2. The smallest absolute Gasteiger partial charge is 0.293 e. The molecule has 0 saturated heterocycles. The number of nitrogens with two attached hydrogens (primary N) is 1. The van der Waals surface area contributed by atoms with E-state index in [2.05, 4.69) is 10.3 Å². The van der Waals surface area contributed by atoms with Crippen LogP contribution >= 0.6 is 0 Å². The van der Waals surface area contributed by atoms with Crippen LogP contribution in [0.15, 0.2) is 29.0 Å². The molecule has 0 spiro atoms. The summed E-state index contributed by atoms with van der Waals surface area (Å²) < 4.78 is 5.01. The fourth-order valence-electron chi connectivity index (χ4n) is 1.53. The van der Waals surface area contributed by atoms with Gasteiger partial charge in [-0.15, -0.1) is 0 Å². The van der Waals surface area contributed by atoms with Gasteiger partial charge in [-0.2, -0.15) is 0 Å². The topological polar surface area (TPSA) is 81.1 Å². The number of nitrogen functional groups attached to an aromatic ring is 1. The van der Waals surface area contributed by atoms with Crippen LogP contribution in [0.25, 0.3) is 0 Å². The van der Waals surface area contributed by atoms with Gasteiger partial charge < -0.3 is 15.5 Å². The summed E-state index contributed by atoms with van der Waals surface area (Å²) >= 11 is 0. The lowest BCUT2D eigenvalue weighted by Crippen LogP contribution is -2.13. The third kappa shape index (κ3) is 2.28. The summed E-state index contributed by atoms with van der Waals surface area (Å²) in [5.74, 6) is -0.0888. The van der Waals surface area contributed by atoms with Crippen LogP contribution in [-0.4, -0.2) is 10.9 Å². The van der Waals surface area contributed by atoms with Gasteiger partial charge in [0, 0.05) is 11.4 Å². The number of hydrogen-bond acceptors (Lipinski definition) is 4. The van der Waals surface area contributed by atoms with Crippen molar-refractivity contribution in [3.05, 3.63) is 41.6 Å². The molecule has 5 heteroatoms. The van der Waals surface area contributed by atoms with Crippen molar-refractivity contribution in [2.75, 3.05) is 11.1 Å². The highest BCUT2D eigenvalue weighted by Crippen LogP contribution is 2.19. The maximum atomic E-state index is 11.9. The molecule has 1 aromatic carbocycles. The number of aromatic nitrogens is 1. The summed E-state index contributed by atoms with van der Waals surface area (Å²) in [4.78, 5) is 15.7. The number of nitrogens with one attached hydrogen (secondary N) is 1. The highest BCUT2D eigenvalue weighted by Gasteiger charge is 2.14. The van der Waals surface area contributed by atoms with Crippen molar-refractivity contribution in [3.63, 3.8) is 0 Å². The number of oxazole rings is 1. The maximum Gasteiger partial charge on any atom is 0.293 e. The third-order valence-corrected chi connectivity index (χ3v) is 2.45. The van der Waals surface area contributed by atoms with E-state index in [1.54, 1.807) is 25.1 Å². The quantitative estimate of drug-likeness (QED) is 0.776. The molecule has 0 saturated carbocycles. The number of carbonyl (C=O) groups excluding carboxylic acids is 1. The molecule has 2 aromatic rings. The summed E-state index contributed by atoms with van der Waals surface area (Å²) in [6.45, 7) is 3.59. The average Bonchev–Trinajstić information content (AvgIpc) is 2.68. The summed E-state index contributed by atoms with van der Waals surface area (Å²) in [5.41, 5.74) is 8.47. The van der Waals surface area contributed by atoms with Crippen LogP contribution in [0.3, 0.4) is 0 Å². The molecule has 0 aliphatic heterocycles. The van der Waals surface area contributed by atoms with Crippen LogP contribution in [0.4, 0.5) is 11.4 Å². The van der Waals surface area contributed by atoms with Gasteiger partial charge in [-0.1, -0.05) is 0 Å². The monoisotopic (exact) mass is 231 g/mol. The van der Waals surface area contributed by atoms with Crippen molar-refractivity contribution in [1.29, 1.82) is 0 Å². The lowest BCUT2D eigenvalue weighted by molar-refractivity contribution is 0.0996. The van der Waals surface area contributed by atoms with Crippen molar-refractivity contribution in [2.24, 2.45) is 0 Å². The molecular weight excluding hydrogens is 218 g/mol. The molecule has 2 rings (SSSR count). The second-order valence-electron chi connectivity index (χ2n) is 3.80. The molecule has 0 fully saturated rings. The van der Waals surface area contributed by atoms with Gasteiger partial charge in [0.1, 0.15) is 0 Å². The lowest BCUT2D eigenvalue weighted by Gasteiger charge is -2.07. The largest absolute Gasteiger partial charge is 0.438 e. The molecule has 1 heterocycles. The Morgan fingerprint density at radius 3 is 2.76 bits per heavy atom. The predicted molar refractivity (Wildman–Crippen MR) is 64.8 cm³/mol. The number of anilines is 2. The van der Waals surface area contributed by atoms with E-state index in [9.17, 15) is 4.79 Å². The highest BCUT2D eigenvalue weighted by atomic mass is 16.3. The van der Waals surface area contributed by atoms with Gasteiger partial charge in [-0.25, -0.2) is 4.98 Å². The SMILES string of the molecule is Cc1cc(N)ccc1NC(=O)c1ocnc1C. The minimum Gasteiger partial charge on any atom is -0.438 e. The van der Waals surface area contributed by atoms with Gasteiger partial charge in [-0.05, 0) is 37.6 Å². The number of rotatable bonds is 2. The predicted octanol–water partition coefficient (Wildman–Crippen LogP) is 2.13. The fourth-order valence-corrected chi connectivity index (χ4v) is 1.53. The van der Waals surface area contributed by atoms with Crippen molar-refractivity contribution in [2.45, 2.75) is 13.8 Å². The van der Waals surface area contributed by atoms with Crippen LogP contribution in [0.2, 0.25) is 0 Å². The minimum atomic E-state index is -0.312. The third-order valence-electron chi connectivity index (χ3n) is 2.45. The Kier molecular flexibility index (Phi) is 2.82. The van der Waals surface area contributed by atoms with E-state index in [1.165, 1.54) is 6.39 Å². The molecule has 0 unspecified atom stereocenters.